The smallest absolute Gasteiger partial charge is 0.260 e. The van der Waals surface area contributed by atoms with Crippen LogP contribution < -0.4 is 19.1 Å². The molecular formula is C21H26N2O4. The first-order valence-corrected chi connectivity index (χ1v) is 9.05. The summed E-state index contributed by atoms with van der Waals surface area (Å²) < 4.78 is 16.3. The summed E-state index contributed by atoms with van der Waals surface area (Å²) in [4.78, 5) is 16.7. The van der Waals surface area contributed by atoms with Gasteiger partial charge < -0.3 is 24.0 Å². The van der Waals surface area contributed by atoms with E-state index in [1.165, 1.54) is 11.3 Å². The normalized spacial score (nSPS) is 14.0. The first-order chi connectivity index (χ1) is 13.1. The molecule has 1 aliphatic heterocycles. The van der Waals surface area contributed by atoms with Crippen LogP contribution >= 0.6 is 0 Å². The Kier molecular flexibility index (Phi) is 6.06. The van der Waals surface area contributed by atoms with E-state index in [1.807, 2.05) is 11.0 Å². The van der Waals surface area contributed by atoms with Crippen molar-refractivity contribution in [2.24, 2.45) is 0 Å². The Labute approximate surface area is 160 Å². The zero-order valence-corrected chi connectivity index (χ0v) is 16.1. The van der Waals surface area contributed by atoms with Crippen LogP contribution in [0, 0.1) is 6.92 Å². The van der Waals surface area contributed by atoms with Gasteiger partial charge in [0.25, 0.3) is 5.91 Å². The third-order valence-corrected chi connectivity index (χ3v) is 4.72. The van der Waals surface area contributed by atoms with Crippen molar-refractivity contribution < 1.29 is 19.0 Å². The SMILES string of the molecule is COc1cccc(OCC(=O)N2CCN(c3cccc(C)c3)CC2)c1OC. The summed E-state index contributed by atoms with van der Waals surface area (Å²) in [5, 5.41) is 0. The summed E-state index contributed by atoms with van der Waals surface area (Å²) in [7, 11) is 3.12. The second-order valence-electron chi connectivity index (χ2n) is 6.49. The topological polar surface area (TPSA) is 51.2 Å². The molecule has 6 nitrogen and oxygen atoms in total. The summed E-state index contributed by atoms with van der Waals surface area (Å²) in [5.74, 6) is 1.55. The molecule has 2 aromatic rings. The first-order valence-electron chi connectivity index (χ1n) is 9.05. The van der Waals surface area contributed by atoms with Crippen molar-refractivity contribution in [1.29, 1.82) is 0 Å². The van der Waals surface area contributed by atoms with Crippen LogP contribution in [0.15, 0.2) is 42.5 Å². The average Bonchev–Trinajstić information content (AvgIpc) is 2.71. The molecule has 0 saturated carbocycles. The molecule has 0 radical (unpaired) electrons. The maximum Gasteiger partial charge on any atom is 0.260 e. The fourth-order valence-electron chi connectivity index (χ4n) is 3.24. The molecule has 0 unspecified atom stereocenters. The molecule has 1 heterocycles. The van der Waals surface area contributed by atoms with Gasteiger partial charge in [-0.2, -0.15) is 0 Å². The van der Waals surface area contributed by atoms with Crippen molar-refractivity contribution in [3.05, 3.63) is 48.0 Å². The van der Waals surface area contributed by atoms with Gasteiger partial charge in [0.2, 0.25) is 5.75 Å². The second kappa shape index (κ2) is 8.66. The highest BCUT2D eigenvalue weighted by Gasteiger charge is 2.22. The number of nitrogens with zero attached hydrogens (tertiary/aromatic N) is 2. The third kappa shape index (κ3) is 4.45. The number of carbonyl (C=O) groups excluding carboxylic acids is 1. The molecule has 27 heavy (non-hydrogen) atoms. The fourth-order valence-corrected chi connectivity index (χ4v) is 3.24. The Morgan fingerprint density at radius 2 is 1.67 bits per heavy atom. The Bertz CT molecular complexity index is 786. The molecule has 0 atom stereocenters. The fraction of sp³-hybridized carbons (Fsp3) is 0.381. The number of para-hydroxylation sites is 1. The number of anilines is 1. The van der Waals surface area contributed by atoms with Crippen LogP contribution in [-0.4, -0.2) is 57.8 Å². The van der Waals surface area contributed by atoms with Crippen LogP contribution in [0.4, 0.5) is 5.69 Å². The van der Waals surface area contributed by atoms with Gasteiger partial charge in [0.1, 0.15) is 0 Å². The lowest BCUT2D eigenvalue weighted by molar-refractivity contribution is -0.133. The molecule has 1 amide bonds. The van der Waals surface area contributed by atoms with Crippen molar-refractivity contribution in [3.63, 3.8) is 0 Å². The minimum atomic E-state index is -0.0243. The van der Waals surface area contributed by atoms with Gasteiger partial charge in [-0.15, -0.1) is 0 Å². The van der Waals surface area contributed by atoms with Gasteiger partial charge in [-0.05, 0) is 36.8 Å². The van der Waals surface area contributed by atoms with Gasteiger partial charge in [0.15, 0.2) is 18.1 Å². The van der Waals surface area contributed by atoms with Crippen LogP contribution in [0.3, 0.4) is 0 Å². The monoisotopic (exact) mass is 370 g/mol. The molecule has 0 aliphatic carbocycles. The van der Waals surface area contributed by atoms with Gasteiger partial charge in [-0.25, -0.2) is 0 Å². The largest absolute Gasteiger partial charge is 0.493 e. The van der Waals surface area contributed by atoms with E-state index in [-0.39, 0.29) is 12.5 Å². The molecular weight excluding hydrogens is 344 g/mol. The molecule has 0 N–H and O–H groups in total. The van der Waals surface area contributed by atoms with Crippen LogP contribution in [0.5, 0.6) is 17.2 Å². The number of amides is 1. The molecule has 0 spiro atoms. The summed E-state index contributed by atoms with van der Waals surface area (Å²) in [6.45, 7) is 5.08. The lowest BCUT2D eigenvalue weighted by Gasteiger charge is -2.36. The average molecular weight is 370 g/mol. The van der Waals surface area contributed by atoms with E-state index in [1.54, 1.807) is 26.4 Å². The van der Waals surface area contributed by atoms with Crippen molar-refractivity contribution in [2.75, 3.05) is 51.9 Å². The van der Waals surface area contributed by atoms with E-state index in [0.717, 1.165) is 13.1 Å². The van der Waals surface area contributed by atoms with E-state index in [2.05, 4.69) is 36.1 Å². The standard InChI is InChI=1S/C21H26N2O4/c1-16-6-4-7-17(14-16)22-10-12-23(13-11-22)20(24)15-27-19-9-5-8-18(25-2)21(19)26-3/h4-9,14H,10-13,15H2,1-3H3. The highest BCUT2D eigenvalue weighted by atomic mass is 16.5. The van der Waals surface area contributed by atoms with E-state index >= 15 is 0 Å². The minimum absolute atomic E-state index is 0.0199. The number of hydrogen-bond acceptors (Lipinski definition) is 5. The number of aryl methyl sites for hydroxylation is 1. The predicted molar refractivity (Wildman–Crippen MR) is 105 cm³/mol. The first kappa shape index (κ1) is 18.9. The van der Waals surface area contributed by atoms with E-state index in [4.69, 9.17) is 14.2 Å². The second-order valence-corrected chi connectivity index (χ2v) is 6.49. The maximum atomic E-state index is 12.5. The van der Waals surface area contributed by atoms with Crippen LogP contribution in [0.1, 0.15) is 5.56 Å². The van der Waals surface area contributed by atoms with Gasteiger partial charge in [-0.1, -0.05) is 18.2 Å². The minimum Gasteiger partial charge on any atom is -0.493 e. The predicted octanol–water partition coefficient (Wildman–Crippen LogP) is 2.74. The molecule has 1 saturated heterocycles. The zero-order chi connectivity index (χ0) is 19.2. The summed E-state index contributed by atoms with van der Waals surface area (Å²) >= 11 is 0. The molecule has 0 aromatic heterocycles. The Morgan fingerprint density at radius 1 is 0.963 bits per heavy atom. The lowest BCUT2D eigenvalue weighted by Crippen LogP contribution is -2.50. The Morgan fingerprint density at radius 3 is 2.33 bits per heavy atom. The van der Waals surface area contributed by atoms with Crippen molar-refractivity contribution >= 4 is 11.6 Å². The van der Waals surface area contributed by atoms with Crippen LogP contribution in [0.2, 0.25) is 0 Å². The number of hydrogen-bond donors (Lipinski definition) is 0. The summed E-state index contributed by atoms with van der Waals surface area (Å²) in [6.07, 6.45) is 0. The van der Waals surface area contributed by atoms with Crippen molar-refractivity contribution in [3.8, 4) is 17.2 Å². The molecule has 1 fully saturated rings. The van der Waals surface area contributed by atoms with Crippen LogP contribution in [0.25, 0.3) is 0 Å². The number of methoxy groups -OCH3 is 2. The number of piperazine rings is 1. The Balaban J connectivity index is 1.54. The number of rotatable bonds is 6. The molecule has 2 aromatic carbocycles. The maximum absolute atomic E-state index is 12.5. The number of benzene rings is 2. The molecule has 144 valence electrons. The van der Waals surface area contributed by atoms with Gasteiger partial charge in [-0.3, -0.25) is 4.79 Å². The van der Waals surface area contributed by atoms with Crippen molar-refractivity contribution in [1.82, 2.24) is 4.90 Å². The van der Waals surface area contributed by atoms with Crippen LogP contribution in [-0.2, 0) is 4.79 Å². The van der Waals surface area contributed by atoms with Gasteiger partial charge >= 0.3 is 0 Å². The molecule has 6 heteroatoms. The quantitative estimate of drug-likeness (QED) is 0.783. The summed E-state index contributed by atoms with van der Waals surface area (Å²) in [5.41, 5.74) is 2.45. The number of carbonyl (C=O) groups is 1. The molecule has 3 rings (SSSR count). The third-order valence-electron chi connectivity index (χ3n) is 4.72. The highest BCUT2D eigenvalue weighted by molar-refractivity contribution is 5.78. The van der Waals surface area contributed by atoms with E-state index in [9.17, 15) is 4.79 Å². The molecule has 1 aliphatic rings. The van der Waals surface area contributed by atoms with E-state index < -0.39 is 0 Å². The lowest BCUT2D eigenvalue weighted by atomic mass is 10.2. The van der Waals surface area contributed by atoms with Gasteiger partial charge in [0, 0.05) is 31.9 Å². The van der Waals surface area contributed by atoms with Crippen molar-refractivity contribution in [2.45, 2.75) is 6.92 Å². The summed E-state index contributed by atoms with van der Waals surface area (Å²) in [6, 6.07) is 13.8. The van der Waals surface area contributed by atoms with E-state index in [0.29, 0.717) is 30.3 Å². The number of ether oxygens (including phenoxy) is 3. The zero-order valence-electron chi connectivity index (χ0n) is 16.1. The molecule has 0 bridgehead atoms. The highest BCUT2D eigenvalue weighted by Crippen LogP contribution is 2.36. The van der Waals surface area contributed by atoms with Gasteiger partial charge in [0.05, 0.1) is 14.2 Å². The Hall–Kier alpha value is -2.89.